The zero-order chi connectivity index (χ0) is 19.7. The third-order valence-corrected chi connectivity index (χ3v) is 4.31. The molecule has 7 heteroatoms. The fourth-order valence-corrected chi connectivity index (χ4v) is 3.00. The number of carboxylic acids is 1. The van der Waals surface area contributed by atoms with E-state index in [1.807, 2.05) is 36.7 Å². The zero-order valence-electron chi connectivity index (χ0n) is 15.7. The molecular weight excluding hydrogens is 346 g/mol. The van der Waals surface area contributed by atoms with Crippen molar-refractivity contribution in [1.29, 1.82) is 0 Å². The summed E-state index contributed by atoms with van der Waals surface area (Å²) >= 11 is 0. The van der Waals surface area contributed by atoms with Crippen LogP contribution in [0.1, 0.15) is 43.6 Å². The largest absolute Gasteiger partial charge is 0.478 e. The van der Waals surface area contributed by atoms with Gasteiger partial charge < -0.3 is 14.4 Å². The van der Waals surface area contributed by atoms with E-state index in [4.69, 9.17) is 9.52 Å². The maximum absolute atomic E-state index is 12.6. The highest BCUT2D eigenvalue weighted by molar-refractivity contribution is 5.94. The Morgan fingerprint density at radius 2 is 1.81 bits per heavy atom. The van der Waals surface area contributed by atoms with Crippen LogP contribution in [0, 0.1) is 20.8 Å². The van der Waals surface area contributed by atoms with E-state index in [-0.39, 0.29) is 18.0 Å². The number of carbonyl (C=O) groups is 2. The summed E-state index contributed by atoms with van der Waals surface area (Å²) in [6, 6.07) is 10.6. The van der Waals surface area contributed by atoms with Gasteiger partial charge in [-0.15, -0.1) is 0 Å². The van der Waals surface area contributed by atoms with Gasteiger partial charge in [-0.2, -0.15) is 5.10 Å². The predicted octanol–water partition coefficient (Wildman–Crippen LogP) is 3.36. The Labute approximate surface area is 156 Å². The van der Waals surface area contributed by atoms with E-state index in [9.17, 15) is 9.59 Å². The lowest BCUT2D eigenvalue weighted by Gasteiger charge is -2.16. The summed E-state index contributed by atoms with van der Waals surface area (Å²) in [5.74, 6) is -0.468. The number of rotatable bonds is 5. The van der Waals surface area contributed by atoms with Crippen LogP contribution in [0.2, 0.25) is 0 Å². The third kappa shape index (κ3) is 3.76. The highest BCUT2D eigenvalue weighted by Crippen LogP contribution is 2.18. The highest BCUT2D eigenvalue weighted by Gasteiger charge is 2.18. The van der Waals surface area contributed by atoms with Crippen LogP contribution < -0.4 is 0 Å². The normalized spacial score (nSPS) is 10.8. The van der Waals surface area contributed by atoms with Crippen molar-refractivity contribution in [1.82, 2.24) is 14.7 Å². The highest BCUT2D eigenvalue weighted by atomic mass is 16.4. The van der Waals surface area contributed by atoms with Gasteiger partial charge in [0.1, 0.15) is 17.1 Å². The molecule has 0 aliphatic heterocycles. The second-order valence-electron chi connectivity index (χ2n) is 6.53. The smallest absolute Gasteiger partial charge is 0.339 e. The van der Waals surface area contributed by atoms with Crippen LogP contribution in [-0.2, 0) is 6.54 Å². The van der Waals surface area contributed by atoms with Crippen molar-refractivity contribution in [2.45, 2.75) is 27.3 Å². The second kappa shape index (κ2) is 7.11. The van der Waals surface area contributed by atoms with Crippen LogP contribution in [0.25, 0.3) is 5.69 Å². The maximum atomic E-state index is 12.6. The van der Waals surface area contributed by atoms with Crippen LogP contribution in [-0.4, -0.2) is 38.7 Å². The third-order valence-electron chi connectivity index (χ3n) is 4.31. The van der Waals surface area contributed by atoms with Crippen LogP contribution in [0.3, 0.4) is 0 Å². The number of aromatic nitrogens is 2. The van der Waals surface area contributed by atoms with E-state index in [1.54, 1.807) is 26.1 Å². The minimum absolute atomic E-state index is 0.111. The molecule has 2 aromatic heterocycles. The Kier molecular flexibility index (Phi) is 4.85. The van der Waals surface area contributed by atoms with Crippen molar-refractivity contribution in [3.05, 3.63) is 70.4 Å². The Balaban J connectivity index is 1.74. The van der Waals surface area contributed by atoms with E-state index in [1.165, 1.54) is 11.0 Å². The summed E-state index contributed by atoms with van der Waals surface area (Å²) in [4.78, 5) is 25.2. The molecule has 0 aliphatic rings. The first-order valence-corrected chi connectivity index (χ1v) is 8.48. The number of carbonyl (C=O) groups excluding carboxylic acids is 1. The van der Waals surface area contributed by atoms with Gasteiger partial charge in [0, 0.05) is 18.3 Å². The fourth-order valence-electron chi connectivity index (χ4n) is 3.00. The molecule has 1 N–H and O–H groups in total. The molecule has 0 aliphatic carbocycles. The molecule has 0 fully saturated rings. The van der Waals surface area contributed by atoms with E-state index >= 15 is 0 Å². The molecule has 0 saturated carbocycles. The van der Waals surface area contributed by atoms with Crippen molar-refractivity contribution >= 4 is 11.9 Å². The summed E-state index contributed by atoms with van der Waals surface area (Å²) in [5, 5.41) is 13.5. The van der Waals surface area contributed by atoms with Gasteiger partial charge in [-0.25, -0.2) is 9.48 Å². The van der Waals surface area contributed by atoms with Crippen molar-refractivity contribution in [3.63, 3.8) is 0 Å². The number of aryl methyl sites for hydroxylation is 3. The molecular formula is C20H21N3O4. The van der Waals surface area contributed by atoms with Crippen LogP contribution >= 0.6 is 0 Å². The first-order chi connectivity index (χ1) is 12.8. The predicted molar refractivity (Wildman–Crippen MR) is 99.2 cm³/mol. The second-order valence-corrected chi connectivity index (χ2v) is 6.53. The lowest BCUT2D eigenvalue weighted by Crippen LogP contribution is -2.26. The number of nitrogens with zero attached hydrogens (tertiary/aromatic N) is 3. The van der Waals surface area contributed by atoms with Crippen molar-refractivity contribution < 1.29 is 19.1 Å². The molecule has 1 aromatic carbocycles. The van der Waals surface area contributed by atoms with Gasteiger partial charge in [0.2, 0.25) is 0 Å². The monoisotopic (exact) mass is 367 g/mol. The Morgan fingerprint density at radius 1 is 1.15 bits per heavy atom. The van der Waals surface area contributed by atoms with Crippen molar-refractivity contribution in [2.75, 3.05) is 7.05 Å². The van der Waals surface area contributed by atoms with E-state index < -0.39 is 5.97 Å². The van der Waals surface area contributed by atoms with E-state index in [0.29, 0.717) is 17.1 Å². The molecule has 27 heavy (non-hydrogen) atoms. The lowest BCUT2D eigenvalue weighted by molar-refractivity contribution is 0.0694. The van der Waals surface area contributed by atoms with Gasteiger partial charge in [0.15, 0.2) is 0 Å². The van der Waals surface area contributed by atoms with Gasteiger partial charge in [-0.05, 0) is 57.2 Å². The average Bonchev–Trinajstić information content (AvgIpc) is 3.15. The van der Waals surface area contributed by atoms with Crippen molar-refractivity contribution in [3.8, 4) is 5.69 Å². The summed E-state index contributed by atoms with van der Waals surface area (Å²) in [7, 11) is 1.65. The average molecular weight is 367 g/mol. The molecule has 140 valence electrons. The zero-order valence-corrected chi connectivity index (χ0v) is 15.7. The molecule has 0 atom stereocenters. The number of carboxylic acid groups (broad SMARTS) is 1. The first kappa shape index (κ1) is 18.4. The Morgan fingerprint density at radius 3 is 2.33 bits per heavy atom. The van der Waals surface area contributed by atoms with Gasteiger partial charge >= 0.3 is 5.97 Å². The molecule has 1 amide bonds. The van der Waals surface area contributed by atoms with Gasteiger partial charge in [0.05, 0.1) is 17.9 Å². The first-order valence-electron chi connectivity index (χ1n) is 8.48. The molecule has 0 radical (unpaired) electrons. The fraction of sp³-hybridized carbons (Fsp3) is 0.250. The number of furan rings is 1. The molecule has 3 rings (SSSR count). The lowest BCUT2D eigenvalue weighted by atomic mass is 10.1. The molecule has 0 unspecified atom stereocenters. The number of hydrogen-bond acceptors (Lipinski definition) is 4. The summed E-state index contributed by atoms with van der Waals surface area (Å²) in [6.07, 6.45) is 0. The number of hydrogen-bond donors (Lipinski definition) is 1. The van der Waals surface area contributed by atoms with E-state index in [2.05, 4.69) is 5.10 Å². The summed E-state index contributed by atoms with van der Waals surface area (Å²) < 4.78 is 7.26. The van der Waals surface area contributed by atoms with Gasteiger partial charge in [-0.3, -0.25) is 4.79 Å². The standard InChI is InChI=1S/C20H21N3O4/c1-12-9-13(2)23(21-12)16-7-5-15(6-8-16)19(24)22(4)11-17-10-18(20(25)26)14(3)27-17/h5-10H,11H2,1-4H3,(H,25,26). The topological polar surface area (TPSA) is 88.6 Å². The summed E-state index contributed by atoms with van der Waals surface area (Å²) in [5.41, 5.74) is 3.48. The number of amides is 1. The van der Waals surface area contributed by atoms with Crippen LogP contribution in [0.5, 0.6) is 0 Å². The molecule has 7 nitrogen and oxygen atoms in total. The van der Waals surface area contributed by atoms with Gasteiger partial charge in [0.25, 0.3) is 5.91 Å². The van der Waals surface area contributed by atoms with Crippen molar-refractivity contribution in [2.24, 2.45) is 0 Å². The maximum Gasteiger partial charge on any atom is 0.339 e. The molecule has 2 heterocycles. The summed E-state index contributed by atoms with van der Waals surface area (Å²) in [6.45, 7) is 5.69. The minimum atomic E-state index is -1.05. The van der Waals surface area contributed by atoms with Crippen LogP contribution in [0.4, 0.5) is 0 Å². The number of aromatic carboxylic acids is 1. The molecule has 0 spiro atoms. The van der Waals surface area contributed by atoms with E-state index in [0.717, 1.165) is 17.1 Å². The quantitative estimate of drug-likeness (QED) is 0.747. The SMILES string of the molecule is Cc1cc(C)n(-c2ccc(C(=O)N(C)Cc3cc(C(=O)O)c(C)o3)cc2)n1. The molecule has 0 saturated heterocycles. The van der Waals surface area contributed by atoms with Gasteiger partial charge in [-0.1, -0.05) is 0 Å². The Bertz CT molecular complexity index is 999. The molecule has 0 bridgehead atoms. The van der Waals surface area contributed by atoms with Crippen LogP contribution in [0.15, 0.2) is 40.8 Å². The molecule has 3 aromatic rings. The number of benzene rings is 1. The Hall–Kier alpha value is -3.35. The minimum Gasteiger partial charge on any atom is -0.478 e.